The molecule has 0 heterocycles. The van der Waals surface area contributed by atoms with Crippen LogP contribution in [0.2, 0.25) is 0 Å². The minimum Gasteiger partial charge on any atom is -0.392 e. The first-order valence-corrected chi connectivity index (χ1v) is 3.87. The average molecular weight is 199 g/mol. The second kappa shape index (κ2) is 5.43. The van der Waals surface area contributed by atoms with Crippen LogP contribution in [-0.4, -0.2) is 35.6 Å². The monoisotopic (exact) mass is 199 g/mol. The van der Waals surface area contributed by atoms with Gasteiger partial charge < -0.3 is 15.6 Å². The molecule has 0 rings (SSSR count). The molecule has 0 aliphatic carbocycles. The average Bonchev–Trinajstić information content (AvgIpc) is 2.23. The fourth-order valence-electron chi connectivity index (χ4n) is 0.937. The van der Waals surface area contributed by atoms with Crippen molar-refractivity contribution in [2.24, 2.45) is 5.73 Å². The highest BCUT2D eigenvalue weighted by molar-refractivity contribution is 6.18. The molecule has 0 aromatic heterocycles. The molecule has 0 saturated heterocycles. The summed E-state index contributed by atoms with van der Waals surface area (Å²) in [5, 5.41) is 8.99. The Balaban J connectivity index is 5.16. The van der Waals surface area contributed by atoms with Crippen molar-refractivity contribution in [1.29, 1.82) is 0 Å². The fraction of sp³-hybridized carbons (Fsp3) is 0.333. The summed E-state index contributed by atoms with van der Waals surface area (Å²) in [6, 6.07) is 0. The van der Waals surface area contributed by atoms with Gasteiger partial charge in [0.2, 0.25) is 5.60 Å². The molecule has 5 heteroatoms. The second-order valence-corrected chi connectivity index (χ2v) is 2.43. The summed E-state index contributed by atoms with van der Waals surface area (Å²) in [5.74, 6) is -1.48. The first kappa shape index (κ1) is 12.7. The molecule has 78 valence electrons. The van der Waals surface area contributed by atoms with Crippen molar-refractivity contribution in [3.63, 3.8) is 0 Å². The first-order valence-electron chi connectivity index (χ1n) is 3.87. The lowest BCUT2D eigenvalue weighted by Gasteiger charge is -2.25. The highest BCUT2D eigenvalue weighted by Crippen LogP contribution is 2.14. The van der Waals surface area contributed by atoms with E-state index in [1.54, 1.807) is 0 Å². The minimum absolute atomic E-state index is 0.361. The molecule has 0 radical (unpaired) electrons. The minimum atomic E-state index is -1.97. The van der Waals surface area contributed by atoms with Crippen LogP contribution in [0.3, 0.4) is 0 Å². The summed E-state index contributed by atoms with van der Waals surface area (Å²) in [4.78, 5) is 22.7. The Labute approximate surface area is 81.9 Å². The van der Waals surface area contributed by atoms with Gasteiger partial charge in [0.05, 0.1) is 13.3 Å². The molecular weight excluding hydrogens is 186 g/mol. The molecule has 0 amide bonds. The maximum Gasteiger partial charge on any atom is 0.216 e. The SMILES string of the molecule is C=CC(=O)C(CO)(OCN)C(=O)C=C. The van der Waals surface area contributed by atoms with Gasteiger partial charge in [-0.2, -0.15) is 0 Å². The van der Waals surface area contributed by atoms with Crippen molar-refractivity contribution in [3.8, 4) is 0 Å². The van der Waals surface area contributed by atoms with Gasteiger partial charge in [-0.15, -0.1) is 0 Å². The molecule has 0 spiro atoms. The van der Waals surface area contributed by atoms with Gasteiger partial charge in [-0.3, -0.25) is 9.59 Å². The first-order chi connectivity index (χ1) is 6.58. The number of ether oxygens (including phenoxy) is 1. The molecule has 0 atom stereocenters. The third-order valence-electron chi connectivity index (χ3n) is 1.72. The van der Waals surface area contributed by atoms with Crippen LogP contribution in [0.1, 0.15) is 0 Å². The molecule has 0 aromatic carbocycles. The van der Waals surface area contributed by atoms with E-state index < -0.39 is 23.8 Å². The molecule has 0 unspecified atom stereocenters. The Morgan fingerprint density at radius 2 is 1.79 bits per heavy atom. The summed E-state index contributed by atoms with van der Waals surface area (Å²) in [7, 11) is 0. The largest absolute Gasteiger partial charge is 0.392 e. The van der Waals surface area contributed by atoms with Crippen LogP contribution in [0, 0.1) is 0 Å². The molecule has 0 fully saturated rings. The third-order valence-corrected chi connectivity index (χ3v) is 1.72. The van der Waals surface area contributed by atoms with Crippen LogP contribution in [0.5, 0.6) is 0 Å². The van der Waals surface area contributed by atoms with Gasteiger partial charge in [0, 0.05) is 0 Å². The zero-order chi connectivity index (χ0) is 11.2. The molecule has 14 heavy (non-hydrogen) atoms. The summed E-state index contributed by atoms with van der Waals surface area (Å²) < 4.78 is 4.77. The Bertz CT molecular complexity index is 240. The Morgan fingerprint density at radius 3 is 2.00 bits per heavy atom. The van der Waals surface area contributed by atoms with E-state index in [0.29, 0.717) is 0 Å². The maximum absolute atomic E-state index is 11.3. The predicted octanol–water partition coefficient (Wildman–Crippen LogP) is -0.839. The van der Waals surface area contributed by atoms with Crippen molar-refractivity contribution < 1.29 is 19.4 Å². The molecule has 0 bridgehead atoms. The number of carbonyl (C=O) groups is 2. The van der Waals surface area contributed by atoms with Crippen molar-refractivity contribution in [1.82, 2.24) is 0 Å². The predicted molar refractivity (Wildman–Crippen MR) is 50.4 cm³/mol. The Kier molecular flexibility index (Phi) is 4.93. The van der Waals surface area contributed by atoms with Crippen LogP contribution < -0.4 is 5.73 Å². The number of aliphatic hydroxyl groups is 1. The zero-order valence-electron chi connectivity index (χ0n) is 7.73. The summed E-state index contributed by atoms with van der Waals surface area (Å²) >= 11 is 0. The van der Waals surface area contributed by atoms with Crippen molar-refractivity contribution in [2.45, 2.75) is 5.60 Å². The topological polar surface area (TPSA) is 89.6 Å². The highest BCUT2D eigenvalue weighted by Gasteiger charge is 2.43. The lowest BCUT2D eigenvalue weighted by Crippen LogP contribution is -2.52. The fourth-order valence-corrected chi connectivity index (χ4v) is 0.937. The number of rotatable bonds is 7. The number of carbonyl (C=O) groups excluding carboxylic acids is 2. The summed E-state index contributed by atoms with van der Waals surface area (Å²) in [5.41, 5.74) is 3.09. The smallest absolute Gasteiger partial charge is 0.216 e. The molecule has 0 aromatic rings. The molecule has 0 aliphatic heterocycles. The van der Waals surface area contributed by atoms with E-state index in [0.717, 1.165) is 12.2 Å². The molecule has 5 nitrogen and oxygen atoms in total. The van der Waals surface area contributed by atoms with Crippen LogP contribution in [0.25, 0.3) is 0 Å². The molecule has 0 aliphatic rings. The van der Waals surface area contributed by atoms with Gasteiger partial charge in [0.1, 0.15) is 0 Å². The van der Waals surface area contributed by atoms with E-state index in [2.05, 4.69) is 13.2 Å². The van der Waals surface area contributed by atoms with E-state index in [9.17, 15) is 9.59 Å². The number of hydrogen-bond acceptors (Lipinski definition) is 5. The molecule has 3 N–H and O–H groups in total. The Hall–Kier alpha value is -1.30. The number of ketones is 2. The number of aliphatic hydroxyl groups excluding tert-OH is 1. The lowest BCUT2D eigenvalue weighted by atomic mass is 9.93. The van der Waals surface area contributed by atoms with Gasteiger partial charge in [0.15, 0.2) is 11.6 Å². The quantitative estimate of drug-likeness (QED) is 0.317. The normalized spacial score (nSPS) is 10.7. The van der Waals surface area contributed by atoms with Gasteiger partial charge in [-0.1, -0.05) is 13.2 Å². The van der Waals surface area contributed by atoms with E-state index in [-0.39, 0.29) is 6.73 Å². The van der Waals surface area contributed by atoms with Crippen LogP contribution in [-0.2, 0) is 14.3 Å². The van der Waals surface area contributed by atoms with Gasteiger partial charge >= 0.3 is 0 Å². The second-order valence-electron chi connectivity index (χ2n) is 2.43. The lowest BCUT2D eigenvalue weighted by molar-refractivity contribution is -0.157. The van der Waals surface area contributed by atoms with Crippen molar-refractivity contribution in [3.05, 3.63) is 25.3 Å². The summed E-state index contributed by atoms with van der Waals surface area (Å²) in [6.45, 7) is 5.26. The molecular formula is C9H13NO4. The van der Waals surface area contributed by atoms with E-state index in [4.69, 9.17) is 15.6 Å². The zero-order valence-corrected chi connectivity index (χ0v) is 7.73. The van der Waals surface area contributed by atoms with E-state index in [1.807, 2.05) is 0 Å². The standard InChI is InChI=1S/C9H13NO4/c1-3-7(12)9(5-11,14-6-10)8(13)4-2/h3-4,11H,1-2,5-6,10H2. The van der Waals surface area contributed by atoms with Crippen molar-refractivity contribution >= 4 is 11.6 Å². The van der Waals surface area contributed by atoms with E-state index in [1.165, 1.54) is 0 Å². The maximum atomic E-state index is 11.3. The van der Waals surface area contributed by atoms with Gasteiger partial charge in [-0.25, -0.2) is 0 Å². The third kappa shape index (κ3) is 2.14. The van der Waals surface area contributed by atoms with Crippen LogP contribution >= 0.6 is 0 Å². The number of hydrogen-bond donors (Lipinski definition) is 2. The van der Waals surface area contributed by atoms with E-state index >= 15 is 0 Å². The Morgan fingerprint density at radius 1 is 1.36 bits per heavy atom. The van der Waals surface area contributed by atoms with Gasteiger partial charge in [0.25, 0.3) is 0 Å². The number of nitrogens with two attached hydrogens (primary N) is 1. The van der Waals surface area contributed by atoms with Crippen LogP contribution in [0.4, 0.5) is 0 Å². The molecule has 0 saturated carbocycles. The summed E-state index contributed by atoms with van der Waals surface area (Å²) in [6.07, 6.45) is 1.79. The highest BCUT2D eigenvalue weighted by atomic mass is 16.5. The van der Waals surface area contributed by atoms with Gasteiger partial charge in [-0.05, 0) is 12.2 Å². The van der Waals surface area contributed by atoms with Crippen LogP contribution in [0.15, 0.2) is 25.3 Å². The van der Waals surface area contributed by atoms with Crippen molar-refractivity contribution in [2.75, 3.05) is 13.3 Å².